The highest BCUT2D eigenvalue weighted by Gasteiger charge is 2.34. The van der Waals surface area contributed by atoms with Crippen molar-refractivity contribution in [1.82, 2.24) is 14.4 Å². The van der Waals surface area contributed by atoms with Gasteiger partial charge >= 0.3 is 0 Å². The molecule has 0 saturated heterocycles. The molecule has 0 aliphatic carbocycles. The fourth-order valence-corrected chi connectivity index (χ4v) is 3.30. The fraction of sp³-hybridized carbons (Fsp3) is 0.316. The first-order chi connectivity index (χ1) is 13.1. The van der Waals surface area contributed by atoms with E-state index in [0.717, 1.165) is 16.7 Å². The normalized spacial score (nSPS) is 13.5. The van der Waals surface area contributed by atoms with Gasteiger partial charge in [-0.3, -0.25) is 14.4 Å². The number of amides is 2. The Morgan fingerprint density at radius 2 is 1.89 bits per heavy atom. The number of nitrogens with zero attached hydrogens (tertiary/aromatic N) is 3. The summed E-state index contributed by atoms with van der Waals surface area (Å²) in [5, 5.41) is 10.3. The van der Waals surface area contributed by atoms with Crippen molar-refractivity contribution < 1.29 is 23.5 Å². The van der Waals surface area contributed by atoms with E-state index in [2.05, 4.69) is 0 Å². The third-order valence-corrected chi connectivity index (χ3v) is 4.77. The van der Waals surface area contributed by atoms with Crippen molar-refractivity contribution in [3.63, 3.8) is 0 Å². The molecule has 2 heterocycles. The molecule has 0 radical (unpaired) electrons. The smallest absolute Gasteiger partial charge is 0.293 e. The number of fused-ring (bicyclic) bond motifs is 1. The summed E-state index contributed by atoms with van der Waals surface area (Å²) in [6, 6.07) is 3.31. The quantitative estimate of drug-likeness (QED) is 0.854. The van der Waals surface area contributed by atoms with E-state index < -0.39 is 34.8 Å². The lowest BCUT2D eigenvalue weighted by Gasteiger charge is -2.31. The predicted octanol–water partition coefficient (Wildman–Crippen LogP) is 1.27. The Morgan fingerprint density at radius 3 is 2.50 bits per heavy atom. The molecule has 148 valence electrons. The molecule has 7 nitrogen and oxygen atoms in total. The highest BCUT2D eigenvalue weighted by Crippen LogP contribution is 2.29. The van der Waals surface area contributed by atoms with Gasteiger partial charge in [0.15, 0.2) is 17.4 Å². The highest BCUT2D eigenvalue weighted by molar-refractivity contribution is 6.03. The molecule has 2 amide bonds. The third-order valence-electron chi connectivity index (χ3n) is 4.77. The minimum atomic E-state index is -1.03. The van der Waals surface area contributed by atoms with Crippen molar-refractivity contribution in [3.05, 3.63) is 62.6 Å². The first kappa shape index (κ1) is 19.5. The molecular weight excluding hydrogens is 372 g/mol. The summed E-state index contributed by atoms with van der Waals surface area (Å²) in [7, 11) is 4.40. The van der Waals surface area contributed by atoms with E-state index in [9.17, 15) is 28.3 Å². The summed E-state index contributed by atoms with van der Waals surface area (Å²) in [5.41, 5.74) is -0.369. The van der Waals surface area contributed by atoms with E-state index >= 15 is 0 Å². The lowest BCUT2D eigenvalue weighted by molar-refractivity contribution is 0.0720. The van der Waals surface area contributed by atoms with Crippen LogP contribution >= 0.6 is 0 Å². The summed E-state index contributed by atoms with van der Waals surface area (Å²) >= 11 is 0. The van der Waals surface area contributed by atoms with Gasteiger partial charge in [-0.05, 0) is 24.1 Å². The number of carbonyl (C=O) groups excluding carboxylic acids is 2. The van der Waals surface area contributed by atoms with E-state index in [1.54, 1.807) is 0 Å². The monoisotopic (exact) mass is 391 g/mol. The van der Waals surface area contributed by atoms with Crippen LogP contribution in [0.5, 0.6) is 5.75 Å². The minimum Gasteiger partial charge on any atom is -0.502 e. The molecule has 3 rings (SSSR count). The van der Waals surface area contributed by atoms with Crippen LogP contribution in [0.1, 0.15) is 32.0 Å². The molecule has 9 heteroatoms. The van der Waals surface area contributed by atoms with Crippen molar-refractivity contribution in [1.29, 1.82) is 0 Å². The molecule has 0 saturated carbocycles. The summed E-state index contributed by atoms with van der Waals surface area (Å²) in [5.74, 6) is -3.86. The van der Waals surface area contributed by atoms with Crippen molar-refractivity contribution >= 4 is 11.8 Å². The zero-order chi connectivity index (χ0) is 20.7. The Balaban J connectivity index is 2.05. The first-order valence-electron chi connectivity index (χ1n) is 8.53. The van der Waals surface area contributed by atoms with E-state index in [-0.39, 0.29) is 30.8 Å². The zero-order valence-electron chi connectivity index (χ0n) is 15.6. The number of rotatable bonds is 3. The second kappa shape index (κ2) is 7.06. The molecule has 0 fully saturated rings. The number of aromatic hydroxyl groups is 1. The second-order valence-electron chi connectivity index (χ2n) is 6.84. The van der Waals surface area contributed by atoms with E-state index in [1.807, 2.05) is 0 Å². The summed E-state index contributed by atoms with van der Waals surface area (Å²) in [6.45, 7) is 0.164. The van der Waals surface area contributed by atoms with E-state index in [4.69, 9.17) is 0 Å². The van der Waals surface area contributed by atoms with Gasteiger partial charge in [-0.2, -0.15) is 0 Å². The van der Waals surface area contributed by atoms with Crippen LogP contribution in [0.4, 0.5) is 8.78 Å². The zero-order valence-corrected chi connectivity index (χ0v) is 15.6. The minimum absolute atomic E-state index is 0.0267. The van der Waals surface area contributed by atoms with E-state index in [1.165, 1.54) is 37.0 Å². The number of aromatic nitrogens is 1. The van der Waals surface area contributed by atoms with Crippen LogP contribution in [0.3, 0.4) is 0 Å². The first-order valence-corrected chi connectivity index (χ1v) is 8.53. The standard InChI is InChI=1S/C19H19F2N3O4/c1-22(2)18(27)15-11-6-7-24(9-10-4-5-12(20)13(21)8-10)17(26)14(11)16(25)19(28)23(15)3/h4-5,8,25H,6-7,9H2,1-3H3. The Labute approximate surface area is 159 Å². The molecule has 2 aromatic rings. The largest absolute Gasteiger partial charge is 0.502 e. The molecule has 1 N–H and O–H groups in total. The molecule has 0 bridgehead atoms. The molecule has 0 atom stereocenters. The third kappa shape index (κ3) is 3.12. The van der Waals surface area contributed by atoms with Gasteiger partial charge in [0, 0.05) is 39.8 Å². The maximum atomic E-state index is 13.4. The van der Waals surface area contributed by atoms with Crippen molar-refractivity contribution in [2.75, 3.05) is 20.6 Å². The Morgan fingerprint density at radius 1 is 1.21 bits per heavy atom. The van der Waals surface area contributed by atoms with Gasteiger partial charge in [0.1, 0.15) is 5.69 Å². The molecule has 1 aliphatic heterocycles. The van der Waals surface area contributed by atoms with Gasteiger partial charge in [-0.25, -0.2) is 8.78 Å². The number of halogens is 2. The molecule has 1 aromatic heterocycles. The number of hydrogen-bond acceptors (Lipinski definition) is 4. The molecular formula is C19H19F2N3O4. The van der Waals surface area contributed by atoms with Crippen LogP contribution in [0.25, 0.3) is 0 Å². The summed E-state index contributed by atoms with van der Waals surface area (Å²) in [4.78, 5) is 40.4. The van der Waals surface area contributed by atoms with Crippen LogP contribution in [0.15, 0.2) is 23.0 Å². The van der Waals surface area contributed by atoms with Crippen molar-refractivity contribution in [3.8, 4) is 5.75 Å². The summed E-state index contributed by atoms with van der Waals surface area (Å²) in [6.07, 6.45) is 0.224. The van der Waals surface area contributed by atoms with Crippen LogP contribution < -0.4 is 5.56 Å². The maximum Gasteiger partial charge on any atom is 0.293 e. The molecule has 0 spiro atoms. The van der Waals surface area contributed by atoms with Gasteiger partial charge < -0.3 is 19.5 Å². The number of carbonyl (C=O) groups is 2. The number of pyridine rings is 1. The number of hydrogen-bond donors (Lipinski definition) is 1. The van der Waals surface area contributed by atoms with Gasteiger partial charge in [0.25, 0.3) is 17.4 Å². The SMILES string of the molecule is CN(C)C(=O)c1c2c(c(O)c(=O)n1C)C(=O)N(Cc1ccc(F)c(F)c1)CC2. The predicted molar refractivity (Wildman–Crippen MR) is 96.2 cm³/mol. The maximum absolute atomic E-state index is 13.4. The fourth-order valence-electron chi connectivity index (χ4n) is 3.30. The molecule has 0 unspecified atom stereocenters. The van der Waals surface area contributed by atoms with Crippen LogP contribution in [0, 0.1) is 11.6 Å². The molecule has 1 aliphatic rings. The van der Waals surface area contributed by atoms with Crippen LogP contribution in [-0.4, -0.2) is 51.9 Å². The Kier molecular flexibility index (Phi) is 4.93. The molecule has 1 aromatic carbocycles. The van der Waals surface area contributed by atoms with Gasteiger partial charge in [0.05, 0.1) is 5.56 Å². The Bertz CT molecular complexity index is 1050. The number of benzene rings is 1. The lowest BCUT2D eigenvalue weighted by Crippen LogP contribution is -2.42. The average molecular weight is 391 g/mol. The Hall–Kier alpha value is -3.23. The van der Waals surface area contributed by atoms with Gasteiger partial charge in [-0.1, -0.05) is 6.07 Å². The second-order valence-corrected chi connectivity index (χ2v) is 6.84. The van der Waals surface area contributed by atoms with Crippen molar-refractivity contribution in [2.45, 2.75) is 13.0 Å². The topological polar surface area (TPSA) is 82.9 Å². The van der Waals surface area contributed by atoms with Gasteiger partial charge in [0.2, 0.25) is 0 Å². The average Bonchev–Trinajstić information content (AvgIpc) is 2.64. The van der Waals surface area contributed by atoms with Crippen LogP contribution in [0.2, 0.25) is 0 Å². The highest BCUT2D eigenvalue weighted by atomic mass is 19.2. The lowest BCUT2D eigenvalue weighted by atomic mass is 9.95. The van der Waals surface area contributed by atoms with Crippen molar-refractivity contribution in [2.24, 2.45) is 7.05 Å². The van der Waals surface area contributed by atoms with Gasteiger partial charge in [-0.15, -0.1) is 0 Å². The molecule has 28 heavy (non-hydrogen) atoms. The van der Waals surface area contributed by atoms with E-state index in [0.29, 0.717) is 11.1 Å². The van der Waals surface area contributed by atoms with Crippen LogP contribution in [-0.2, 0) is 20.0 Å². The summed E-state index contributed by atoms with van der Waals surface area (Å²) < 4.78 is 27.6.